The molecule has 0 saturated carbocycles. The molecule has 0 spiro atoms. The lowest BCUT2D eigenvalue weighted by Crippen LogP contribution is -2.46. The molecular formula is C7H17N3O. The van der Waals surface area contributed by atoms with Crippen molar-refractivity contribution in [2.75, 3.05) is 39.4 Å². The van der Waals surface area contributed by atoms with Gasteiger partial charge in [-0.05, 0) is 0 Å². The summed E-state index contributed by atoms with van der Waals surface area (Å²) in [6.07, 6.45) is 0. The van der Waals surface area contributed by atoms with Crippen molar-refractivity contribution in [1.82, 2.24) is 4.90 Å². The molecule has 0 aromatic carbocycles. The van der Waals surface area contributed by atoms with Gasteiger partial charge in [-0.3, -0.25) is 4.90 Å². The lowest BCUT2D eigenvalue weighted by Gasteiger charge is -2.28. The number of nitrogens with two attached hydrogens (primary N) is 2. The molecular weight excluding hydrogens is 142 g/mol. The van der Waals surface area contributed by atoms with Gasteiger partial charge in [-0.2, -0.15) is 0 Å². The lowest BCUT2D eigenvalue weighted by molar-refractivity contribution is 0.0357. The van der Waals surface area contributed by atoms with Gasteiger partial charge < -0.3 is 16.2 Å². The Hall–Kier alpha value is -0.160. The summed E-state index contributed by atoms with van der Waals surface area (Å²) in [7, 11) is 0. The van der Waals surface area contributed by atoms with E-state index in [0.717, 1.165) is 32.8 Å². The Bertz CT molecular complexity index is 104. The van der Waals surface area contributed by atoms with Crippen molar-refractivity contribution in [3.63, 3.8) is 0 Å². The average Bonchev–Trinajstić information content (AvgIpc) is 2.06. The second-order valence-corrected chi connectivity index (χ2v) is 2.91. The topological polar surface area (TPSA) is 64.5 Å². The molecule has 4 heteroatoms. The third-order valence-corrected chi connectivity index (χ3v) is 1.90. The van der Waals surface area contributed by atoms with Crippen molar-refractivity contribution < 1.29 is 4.74 Å². The molecule has 11 heavy (non-hydrogen) atoms. The Morgan fingerprint density at radius 1 is 1.36 bits per heavy atom. The first-order valence-electron chi connectivity index (χ1n) is 4.08. The maximum atomic E-state index is 5.70. The monoisotopic (exact) mass is 159 g/mol. The van der Waals surface area contributed by atoms with Crippen LogP contribution in [0.5, 0.6) is 0 Å². The van der Waals surface area contributed by atoms with Gasteiger partial charge in [0.1, 0.15) is 0 Å². The minimum absolute atomic E-state index is 0.119. The van der Waals surface area contributed by atoms with Gasteiger partial charge in [0.05, 0.1) is 13.2 Å². The van der Waals surface area contributed by atoms with E-state index in [-0.39, 0.29) is 6.04 Å². The highest BCUT2D eigenvalue weighted by Crippen LogP contribution is 1.96. The van der Waals surface area contributed by atoms with Gasteiger partial charge in [0.2, 0.25) is 0 Å². The summed E-state index contributed by atoms with van der Waals surface area (Å²) in [5.74, 6) is 0. The van der Waals surface area contributed by atoms with E-state index in [4.69, 9.17) is 16.2 Å². The zero-order valence-electron chi connectivity index (χ0n) is 6.83. The Balaban J connectivity index is 2.13. The van der Waals surface area contributed by atoms with Crippen LogP contribution in [0.15, 0.2) is 0 Å². The molecule has 0 aliphatic carbocycles. The highest BCUT2D eigenvalue weighted by molar-refractivity contribution is 4.70. The van der Waals surface area contributed by atoms with Gasteiger partial charge in [0.25, 0.3) is 0 Å². The second kappa shape index (κ2) is 4.66. The van der Waals surface area contributed by atoms with E-state index in [1.54, 1.807) is 0 Å². The summed E-state index contributed by atoms with van der Waals surface area (Å²) < 4.78 is 5.20. The normalized spacial score (nSPS) is 23.5. The molecule has 1 fully saturated rings. The summed E-state index contributed by atoms with van der Waals surface area (Å²) in [6.45, 7) is 5.12. The van der Waals surface area contributed by atoms with E-state index in [1.165, 1.54) is 0 Å². The van der Waals surface area contributed by atoms with E-state index < -0.39 is 0 Å². The second-order valence-electron chi connectivity index (χ2n) is 2.91. The van der Waals surface area contributed by atoms with Crippen molar-refractivity contribution in [1.29, 1.82) is 0 Å². The third-order valence-electron chi connectivity index (χ3n) is 1.90. The van der Waals surface area contributed by atoms with Gasteiger partial charge >= 0.3 is 0 Å². The van der Waals surface area contributed by atoms with E-state index in [2.05, 4.69) is 4.90 Å². The first-order valence-corrected chi connectivity index (χ1v) is 4.08. The molecule has 1 saturated heterocycles. The number of nitrogens with zero attached hydrogens (tertiary/aromatic N) is 1. The van der Waals surface area contributed by atoms with Crippen LogP contribution in [0.1, 0.15) is 0 Å². The molecule has 1 aliphatic heterocycles. The van der Waals surface area contributed by atoms with Crippen molar-refractivity contribution in [2.24, 2.45) is 11.5 Å². The summed E-state index contributed by atoms with van der Waals surface area (Å²) in [6, 6.07) is 0.119. The first kappa shape index (κ1) is 8.93. The Morgan fingerprint density at radius 2 is 2.00 bits per heavy atom. The standard InChI is InChI=1S/C7H17N3O/c8-5-7(9)6-10-1-3-11-4-2-10/h7H,1-6,8-9H2. The minimum atomic E-state index is 0.119. The third kappa shape index (κ3) is 3.16. The summed E-state index contributed by atoms with van der Waals surface area (Å²) >= 11 is 0. The van der Waals surface area contributed by atoms with Crippen LogP contribution in [0.3, 0.4) is 0 Å². The molecule has 4 N–H and O–H groups in total. The molecule has 1 rings (SSSR count). The van der Waals surface area contributed by atoms with Crippen LogP contribution in [0.4, 0.5) is 0 Å². The van der Waals surface area contributed by atoms with Crippen LogP contribution in [-0.4, -0.2) is 50.3 Å². The quantitative estimate of drug-likeness (QED) is 0.532. The fraction of sp³-hybridized carbons (Fsp3) is 1.00. The maximum Gasteiger partial charge on any atom is 0.0594 e. The zero-order valence-corrected chi connectivity index (χ0v) is 6.83. The molecule has 0 bridgehead atoms. The van der Waals surface area contributed by atoms with Gasteiger partial charge in [0.15, 0.2) is 0 Å². The first-order chi connectivity index (χ1) is 5.33. The van der Waals surface area contributed by atoms with Gasteiger partial charge in [0, 0.05) is 32.2 Å². The molecule has 1 unspecified atom stereocenters. The van der Waals surface area contributed by atoms with Gasteiger partial charge in [-0.25, -0.2) is 0 Å². The maximum absolute atomic E-state index is 5.70. The molecule has 1 heterocycles. The van der Waals surface area contributed by atoms with Crippen molar-refractivity contribution in [3.05, 3.63) is 0 Å². The van der Waals surface area contributed by atoms with Crippen LogP contribution < -0.4 is 11.5 Å². The predicted octanol–water partition coefficient (Wildman–Crippen LogP) is -1.40. The minimum Gasteiger partial charge on any atom is -0.379 e. The summed E-state index contributed by atoms with van der Waals surface area (Å²) in [4.78, 5) is 2.29. The van der Waals surface area contributed by atoms with E-state index in [0.29, 0.717) is 6.54 Å². The molecule has 0 aromatic rings. The number of morpholine rings is 1. The Kier molecular flexibility index (Phi) is 3.79. The fourth-order valence-corrected chi connectivity index (χ4v) is 1.19. The molecule has 66 valence electrons. The number of ether oxygens (including phenoxy) is 1. The molecule has 0 aromatic heterocycles. The smallest absolute Gasteiger partial charge is 0.0594 e. The Labute approximate surface area is 67.5 Å². The van der Waals surface area contributed by atoms with Crippen molar-refractivity contribution >= 4 is 0 Å². The molecule has 4 nitrogen and oxygen atoms in total. The van der Waals surface area contributed by atoms with E-state index >= 15 is 0 Å². The molecule has 0 amide bonds. The molecule has 1 atom stereocenters. The van der Waals surface area contributed by atoms with Crippen LogP contribution in [0, 0.1) is 0 Å². The van der Waals surface area contributed by atoms with Gasteiger partial charge in [-0.15, -0.1) is 0 Å². The summed E-state index contributed by atoms with van der Waals surface area (Å²) in [5.41, 5.74) is 11.1. The molecule has 0 radical (unpaired) electrons. The Morgan fingerprint density at radius 3 is 2.55 bits per heavy atom. The predicted molar refractivity (Wildman–Crippen MR) is 44.3 cm³/mol. The van der Waals surface area contributed by atoms with Gasteiger partial charge in [-0.1, -0.05) is 0 Å². The number of hydrogen-bond acceptors (Lipinski definition) is 4. The highest BCUT2D eigenvalue weighted by atomic mass is 16.5. The van der Waals surface area contributed by atoms with Crippen LogP contribution in [0.2, 0.25) is 0 Å². The number of rotatable bonds is 3. The van der Waals surface area contributed by atoms with E-state index in [1.807, 2.05) is 0 Å². The average molecular weight is 159 g/mol. The number of hydrogen-bond donors (Lipinski definition) is 2. The highest BCUT2D eigenvalue weighted by Gasteiger charge is 2.12. The fourth-order valence-electron chi connectivity index (χ4n) is 1.19. The van der Waals surface area contributed by atoms with Crippen LogP contribution in [-0.2, 0) is 4.74 Å². The SMILES string of the molecule is NCC(N)CN1CCOCC1. The zero-order chi connectivity index (χ0) is 8.10. The molecule has 1 aliphatic rings. The largest absolute Gasteiger partial charge is 0.379 e. The lowest BCUT2D eigenvalue weighted by atomic mass is 10.3. The van der Waals surface area contributed by atoms with E-state index in [9.17, 15) is 0 Å². The van der Waals surface area contributed by atoms with Crippen LogP contribution >= 0.6 is 0 Å². The van der Waals surface area contributed by atoms with Crippen LogP contribution in [0.25, 0.3) is 0 Å². The van der Waals surface area contributed by atoms with Crippen molar-refractivity contribution in [2.45, 2.75) is 6.04 Å². The summed E-state index contributed by atoms with van der Waals surface area (Å²) in [5, 5.41) is 0. The van der Waals surface area contributed by atoms with Crippen molar-refractivity contribution in [3.8, 4) is 0 Å².